The highest BCUT2D eigenvalue weighted by molar-refractivity contribution is 7.90. The van der Waals surface area contributed by atoms with E-state index in [1.807, 2.05) is 0 Å². The highest BCUT2D eigenvalue weighted by Crippen LogP contribution is 2.49. The first-order valence-electron chi connectivity index (χ1n) is 7.23. The van der Waals surface area contributed by atoms with E-state index in [9.17, 15) is 32.7 Å². The van der Waals surface area contributed by atoms with Crippen molar-refractivity contribution in [3.05, 3.63) is 56.6 Å². The first-order chi connectivity index (χ1) is 12.3. The Morgan fingerprint density at radius 3 is 2.37 bits per heavy atom. The van der Waals surface area contributed by atoms with E-state index in [0.717, 1.165) is 18.2 Å². The number of aryl methyl sites for hydroxylation is 1. The van der Waals surface area contributed by atoms with Gasteiger partial charge in [-0.05, 0) is 41.9 Å². The molecule has 0 fully saturated rings. The summed E-state index contributed by atoms with van der Waals surface area (Å²) in [4.78, 5) is 20.0. The van der Waals surface area contributed by atoms with E-state index >= 15 is 0 Å². The lowest BCUT2D eigenvalue weighted by atomic mass is 10.1. The highest BCUT2D eigenvalue weighted by Gasteiger charge is 2.33. The van der Waals surface area contributed by atoms with Gasteiger partial charge < -0.3 is 9.63 Å². The van der Waals surface area contributed by atoms with Gasteiger partial charge in [-0.2, -0.15) is 13.2 Å². The molecule has 0 amide bonds. The Morgan fingerprint density at radius 2 is 1.93 bits per heavy atom. The van der Waals surface area contributed by atoms with Crippen LogP contribution in [0, 0.1) is 10.1 Å². The summed E-state index contributed by atoms with van der Waals surface area (Å²) in [6.45, 7) is -2.99. The predicted molar refractivity (Wildman–Crippen MR) is 94.3 cm³/mol. The fourth-order valence-electron chi connectivity index (χ4n) is 2.29. The number of benzene rings is 2. The number of ether oxygens (including phenoxy) is 1. The monoisotopic (exact) mass is 443 g/mol. The lowest BCUT2D eigenvalue weighted by Crippen LogP contribution is -2.12. The van der Waals surface area contributed by atoms with Crippen molar-refractivity contribution in [2.75, 3.05) is 0 Å². The van der Waals surface area contributed by atoms with Gasteiger partial charge in [0.25, 0.3) is 5.69 Å². The number of hydrogen-bond donors (Lipinski definition) is 1. The molecule has 0 bridgehead atoms. The standard InChI is InChI=1S/C15H11Cl2F3NO5P/c1-2-8-5-10(7-13(27(17,24)25)14(8)21(22)23)26-12-4-3-9(6-11(12)16)15(18,19)20/h3-7H,2H2,1H3,(H,24,25). The van der Waals surface area contributed by atoms with Crippen LogP contribution in [0.4, 0.5) is 18.9 Å². The average Bonchev–Trinajstić information content (AvgIpc) is 2.53. The van der Waals surface area contributed by atoms with Gasteiger partial charge in [-0.3, -0.25) is 14.7 Å². The Bertz CT molecular complexity index is 946. The summed E-state index contributed by atoms with van der Waals surface area (Å²) in [7, 11) is 0. The van der Waals surface area contributed by atoms with E-state index in [4.69, 9.17) is 27.6 Å². The molecule has 12 heteroatoms. The molecule has 27 heavy (non-hydrogen) atoms. The summed E-state index contributed by atoms with van der Waals surface area (Å²) >= 11 is 11.2. The van der Waals surface area contributed by atoms with Crippen molar-refractivity contribution in [2.24, 2.45) is 0 Å². The number of rotatable bonds is 5. The van der Waals surface area contributed by atoms with Crippen LogP contribution in [0.25, 0.3) is 0 Å². The Hall–Kier alpha value is -1.80. The number of nitro benzene ring substituents is 1. The van der Waals surface area contributed by atoms with Crippen molar-refractivity contribution in [2.45, 2.75) is 19.5 Å². The van der Waals surface area contributed by atoms with Crippen LogP contribution >= 0.6 is 29.6 Å². The third-order valence-corrected chi connectivity index (χ3v) is 5.27. The maximum atomic E-state index is 12.7. The van der Waals surface area contributed by atoms with Crippen molar-refractivity contribution < 1.29 is 32.3 Å². The molecule has 0 aliphatic rings. The van der Waals surface area contributed by atoms with Gasteiger partial charge in [0.15, 0.2) is 0 Å². The lowest BCUT2D eigenvalue weighted by molar-refractivity contribution is -0.384. The lowest BCUT2D eigenvalue weighted by Gasteiger charge is -2.14. The molecule has 2 rings (SSSR count). The molecule has 2 aromatic carbocycles. The zero-order chi connectivity index (χ0) is 20.6. The van der Waals surface area contributed by atoms with Crippen LogP contribution in [-0.2, 0) is 17.2 Å². The molecular weight excluding hydrogens is 433 g/mol. The van der Waals surface area contributed by atoms with E-state index in [2.05, 4.69) is 0 Å². The van der Waals surface area contributed by atoms with Crippen LogP contribution in [0.15, 0.2) is 30.3 Å². The molecule has 1 unspecified atom stereocenters. The highest BCUT2D eigenvalue weighted by atomic mass is 35.7. The molecule has 1 atom stereocenters. The minimum atomic E-state index is -4.60. The minimum absolute atomic E-state index is 0.0606. The summed E-state index contributed by atoms with van der Waals surface area (Å²) in [5, 5.41) is 10.2. The number of halogens is 5. The van der Waals surface area contributed by atoms with Crippen LogP contribution in [0.5, 0.6) is 11.5 Å². The maximum Gasteiger partial charge on any atom is 0.416 e. The Morgan fingerprint density at radius 1 is 1.30 bits per heavy atom. The summed E-state index contributed by atoms with van der Waals surface area (Å²) in [6, 6.07) is 4.48. The summed E-state index contributed by atoms with van der Waals surface area (Å²) in [5.41, 5.74) is -1.55. The second kappa shape index (κ2) is 7.67. The summed E-state index contributed by atoms with van der Waals surface area (Å²) in [5.74, 6) is -0.307. The smallest absolute Gasteiger partial charge is 0.416 e. The van der Waals surface area contributed by atoms with Gasteiger partial charge in [-0.1, -0.05) is 18.5 Å². The van der Waals surface area contributed by atoms with Crippen LogP contribution in [0.2, 0.25) is 5.02 Å². The van der Waals surface area contributed by atoms with Crippen molar-refractivity contribution in [3.8, 4) is 11.5 Å². The molecule has 0 radical (unpaired) electrons. The summed E-state index contributed by atoms with van der Waals surface area (Å²) in [6.07, 6.45) is -4.49. The van der Waals surface area contributed by atoms with E-state index < -0.39 is 34.4 Å². The molecule has 2 aromatic rings. The van der Waals surface area contributed by atoms with Crippen molar-refractivity contribution in [1.29, 1.82) is 0 Å². The number of nitro groups is 1. The van der Waals surface area contributed by atoms with E-state index in [-0.39, 0.29) is 28.5 Å². The van der Waals surface area contributed by atoms with E-state index in [0.29, 0.717) is 6.07 Å². The Labute approximate surface area is 160 Å². The zero-order valence-electron chi connectivity index (χ0n) is 13.5. The van der Waals surface area contributed by atoms with Crippen LogP contribution in [0.1, 0.15) is 18.1 Å². The summed E-state index contributed by atoms with van der Waals surface area (Å²) < 4.78 is 55.3. The molecule has 0 aromatic heterocycles. The third-order valence-electron chi connectivity index (χ3n) is 3.49. The molecule has 0 aliphatic carbocycles. The second-order valence-electron chi connectivity index (χ2n) is 5.31. The van der Waals surface area contributed by atoms with Gasteiger partial charge >= 0.3 is 12.9 Å². The quantitative estimate of drug-likeness (QED) is 0.365. The predicted octanol–water partition coefficient (Wildman–Crippen LogP) is 5.67. The first-order valence-corrected chi connectivity index (χ1v) is 10.2. The zero-order valence-corrected chi connectivity index (χ0v) is 15.9. The van der Waals surface area contributed by atoms with Gasteiger partial charge in [0, 0.05) is 11.6 Å². The molecule has 0 aliphatic heterocycles. The van der Waals surface area contributed by atoms with Gasteiger partial charge in [-0.25, -0.2) is 0 Å². The van der Waals surface area contributed by atoms with E-state index in [1.165, 1.54) is 6.07 Å². The molecular formula is C15H11Cl2F3NO5P. The van der Waals surface area contributed by atoms with E-state index in [1.54, 1.807) is 6.92 Å². The van der Waals surface area contributed by atoms with Gasteiger partial charge in [-0.15, -0.1) is 0 Å². The van der Waals surface area contributed by atoms with Gasteiger partial charge in [0.05, 0.1) is 15.5 Å². The van der Waals surface area contributed by atoms with Crippen molar-refractivity contribution >= 4 is 40.6 Å². The molecule has 146 valence electrons. The van der Waals surface area contributed by atoms with Gasteiger partial charge in [0.1, 0.15) is 16.8 Å². The third kappa shape index (κ3) is 4.93. The second-order valence-corrected chi connectivity index (χ2v) is 8.58. The molecule has 6 nitrogen and oxygen atoms in total. The normalized spacial score (nSPS) is 13.9. The molecule has 0 spiro atoms. The Balaban J connectivity index is 2.55. The van der Waals surface area contributed by atoms with Crippen LogP contribution < -0.4 is 10.0 Å². The molecule has 1 N–H and O–H groups in total. The largest absolute Gasteiger partial charge is 0.456 e. The fraction of sp³-hybridized carbons (Fsp3) is 0.200. The van der Waals surface area contributed by atoms with Crippen LogP contribution in [-0.4, -0.2) is 9.82 Å². The maximum absolute atomic E-state index is 12.7. The van der Waals surface area contributed by atoms with Crippen molar-refractivity contribution in [1.82, 2.24) is 0 Å². The molecule has 0 saturated heterocycles. The molecule has 0 saturated carbocycles. The SMILES string of the molecule is CCc1cc(Oc2ccc(C(F)(F)F)cc2Cl)cc(P(=O)(O)Cl)c1[N+](=O)[O-]. The van der Waals surface area contributed by atoms with Gasteiger partial charge in [0.2, 0.25) is 0 Å². The minimum Gasteiger partial charge on any atom is -0.456 e. The number of alkyl halides is 3. The first kappa shape index (κ1) is 21.5. The fourth-order valence-corrected chi connectivity index (χ4v) is 3.66. The topological polar surface area (TPSA) is 89.7 Å². The molecule has 0 heterocycles. The Kier molecular flexibility index (Phi) is 6.11. The number of nitrogens with zero attached hydrogens (tertiary/aromatic N) is 1. The average molecular weight is 444 g/mol. The number of hydrogen-bond acceptors (Lipinski definition) is 4. The van der Waals surface area contributed by atoms with Crippen molar-refractivity contribution in [3.63, 3.8) is 0 Å². The van der Waals surface area contributed by atoms with Crippen LogP contribution in [0.3, 0.4) is 0 Å².